The summed E-state index contributed by atoms with van der Waals surface area (Å²) in [5.74, 6) is 0. The largest absolute Gasteiger partial charge is 0.390 e. The van der Waals surface area contributed by atoms with Gasteiger partial charge in [0.05, 0.1) is 11.8 Å². The van der Waals surface area contributed by atoms with E-state index in [1.165, 1.54) is 5.69 Å². The van der Waals surface area contributed by atoms with Gasteiger partial charge in [0.25, 0.3) is 0 Å². The van der Waals surface area contributed by atoms with Crippen LogP contribution in [0, 0.1) is 0 Å². The van der Waals surface area contributed by atoms with Crippen LogP contribution in [0.1, 0.15) is 0 Å². The van der Waals surface area contributed by atoms with Crippen molar-refractivity contribution in [3.8, 4) is 0 Å². The van der Waals surface area contributed by atoms with Gasteiger partial charge in [0.15, 0.2) is 0 Å². The molecule has 1 aromatic rings. The van der Waals surface area contributed by atoms with Crippen LogP contribution in [0.5, 0.6) is 0 Å². The lowest BCUT2D eigenvalue weighted by Gasteiger charge is -2.37. The minimum atomic E-state index is -0.403. The molecule has 18 heavy (non-hydrogen) atoms. The number of halogens is 1. The van der Waals surface area contributed by atoms with Crippen molar-refractivity contribution in [2.24, 2.45) is 5.73 Å². The lowest BCUT2D eigenvalue weighted by molar-refractivity contribution is 0.115. The number of aliphatic hydroxyl groups is 1. The van der Waals surface area contributed by atoms with Crippen molar-refractivity contribution in [2.75, 3.05) is 44.2 Å². The van der Waals surface area contributed by atoms with Crippen LogP contribution in [-0.4, -0.2) is 55.4 Å². The molecule has 0 aromatic heterocycles. The highest BCUT2D eigenvalue weighted by Crippen LogP contribution is 2.26. The molecule has 1 heterocycles. The van der Waals surface area contributed by atoms with Crippen molar-refractivity contribution in [3.05, 3.63) is 28.7 Å². The topological polar surface area (TPSA) is 52.7 Å². The fraction of sp³-hybridized carbons (Fsp3) is 0.538. The molecule has 5 heteroatoms. The van der Waals surface area contributed by atoms with E-state index in [0.717, 1.165) is 30.7 Å². The maximum absolute atomic E-state index is 9.55. The molecule has 1 fully saturated rings. The van der Waals surface area contributed by atoms with Crippen molar-refractivity contribution in [1.29, 1.82) is 0 Å². The fourth-order valence-corrected chi connectivity index (χ4v) is 2.79. The van der Waals surface area contributed by atoms with Gasteiger partial charge in [-0.3, -0.25) is 4.90 Å². The van der Waals surface area contributed by atoms with Crippen molar-refractivity contribution >= 4 is 21.6 Å². The van der Waals surface area contributed by atoms with Crippen LogP contribution < -0.4 is 10.6 Å². The molecular formula is C13H20BrN3O. The average Bonchev–Trinajstić information content (AvgIpc) is 2.40. The zero-order chi connectivity index (χ0) is 13.0. The first-order valence-corrected chi connectivity index (χ1v) is 7.10. The first kappa shape index (κ1) is 13.8. The van der Waals surface area contributed by atoms with E-state index in [0.29, 0.717) is 13.1 Å². The maximum atomic E-state index is 9.55. The van der Waals surface area contributed by atoms with E-state index >= 15 is 0 Å². The molecule has 1 atom stereocenters. The third-order valence-corrected chi connectivity index (χ3v) is 3.98. The predicted octanol–water partition coefficient (Wildman–Crippen LogP) is 0.891. The molecule has 1 aliphatic rings. The quantitative estimate of drug-likeness (QED) is 0.867. The number of piperazine rings is 1. The highest BCUT2D eigenvalue weighted by Gasteiger charge is 2.19. The van der Waals surface area contributed by atoms with Crippen LogP contribution in [0.3, 0.4) is 0 Å². The first-order valence-electron chi connectivity index (χ1n) is 6.30. The average molecular weight is 314 g/mol. The van der Waals surface area contributed by atoms with Gasteiger partial charge in [-0.1, -0.05) is 12.1 Å². The molecule has 0 amide bonds. The summed E-state index contributed by atoms with van der Waals surface area (Å²) >= 11 is 3.59. The van der Waals surface area contributed by atoms with Crippen molar-refractivity contribution < 1.29 is 5.11 Å². The van der Waals surface area contributed by atoms with Crippen LogP contribution in [0.25, 0.3) is 0 Å². The van der Waals surface area contributed by atoms with Gasteiger partial charge in [-0.15, -0.1) is 0 Å². The molecule has 1 aromatic carbocycles. The van der Waals surface area contributed by atoms with E-state index in [1.54, 1.807) is 0 Å². The van der Waals surface area contributed by atoms with E-state index in [4.69, 9.17) is 5.73 Å². The second-order valence-corrected chi connectivity index (χ2v) is 5.48. The van der Waals surface area contributed by atoms with Crippen LogP contribution in [0.2, 0.25) is 0 Å². The summed E-state index contributed by atoms with van der Waals surface area (Å²) in [7, 11) is 0. The number of hydrogen-bond acceptors (Lipinski definition) is 4. The molecule has 0 radical (unpaired) electrons. The van der Waals surface area contributed by atoms with Gasteiger partial charge in [-0.25, -0.2) is 0 Å². The summed E-state index contributed by atoms with van der Waals surface area (Å²) in [6.07, 6.45) is -0.403. The van der Waals surface area contributed by atoms with Crippen LogP contribution >= 0.6 is 15.9 Å². The van der Waals surface area contributed by atoms with E-state index < -0.39 is 6.10 Å². The molecule has 0 aliphatic carbocycles. The monoisotopic (exact) mass is 313 g/mol. The van der Waals surface area contributed by atoms with Gasteiger partial charge in [0.2, 0.25) is 0 Å². The summed E-state index contributed by atoms with van der Waals surface area (Å²) < 4.78 is 1.14. The minimum absolute atomic E-state index is 0.338. The summed E-state index contributed by atoms with van der Waals surface area (Å²) in [4.78, 5) is 4.64. The summed E-state index contributed by atoms with van der Waals surface area (Å²) in [5, 5.41) is 9.55. The van der Waals surface area contributed by atoms with Gasteiger partial charge in [0.1, 0.15) is 0 Å². The lowest BCUT2D eigenvalue weighted by atomic mass is 10.2. The van der Waals surface area contributed by atoms with Crippen molar-refractivity contribution in [3.63, 3.8) is 0 Å². The Labute approximate surface area is 117 Å². The Balaban J connectivity index is 1.89. The Morgan fingerprint density at radius 2 is 1.89 bits per heavy atom. The summed E-state index contributed by atoms with van der Waals surface area (Å²) in [5.41, 5.74) is 6.68. The van der Waals surface area contributed by atoms with E-state index in [2.05, 4.69) is 43.9 Å². The highest BCUT2D eigenvalue weighted by atomic mass is 79.9. The predicted molar refractivity (Wildman–Crippen MR) is 77.9 cm³/mol. The summed E-state index contributed by atoms with van der Waals surface area (Å²) in [6.45, 7) is 4.93. The second-order valence-electron chi connectivity index (χ2n) is 4.63. The Hall–Kier alpha value is -0.620. The number of nitrogens with zero attached hydrogens (tertiary/aromatic N) is 2. The molecule has 4 nitrogen and oxygen atoms in total. The van der Waals surface area contributed by atoms with Gasteiger partial charge in [-0.2, -0.15) is 0 Å². The number of benzene rings is 1. The zero-order valence-electron chi connectivity index (χ0n) is 10.4. The molecule has 1 saturated heterocycles. The Morgan fingerprint density at radius 3 is 2.50 bits per heavy atom. The fourth-order valence-electron chi connectivity index (χ4n) is 2.25. The third kappa shape index (κ3) is 3.45. The van der Waals surface area contributed by atoms with Gasteiger partial charge in [-0.05, 0) is 28.1 Å². The molecule has 2 rings (SSSR count). The Morgan fingerprint density at radius 1 is 1.22 bits per heavy atom. The Bertz CT molecular complexity index is 380. The normalized spacial score (nSPS) is 18.9. The number of aliphatic hydroxyl groups excluding tert-OH is 1. The molecule has 0 bridgehead atoms. The Kier molecular flexibility index (Phi) is 5.00. The number of hydrogen-bond donors (Lipinski definition) is 2. The van der Waals surface area contributed by atoms with E-state index in [1.807, 2.05) is 6.07 Å². The number of nitrogens with two attached hydrogens (primary N) is 1. The smallest absolute Gasteiger partial charge is 0.0789 e. The summed E-state index contributed by atoms with van der Waals surface area (Å²) in [6, 6.07) is 8.29. The third-order valence-electron chi connectivity index (χ3n) is 3.31. The first-order chi connectivity index (χ1) is 8.70. The number of rotatable bonds is 4. The zero-order valence-corrected chi connectivity index (χ0v) is 12.0. The standard InChI is InChI=1S/C13H20BrN3O/c14-12-3-1-2-4-13(12)17-7-5-16(6-8-17)10-11(18)9-15/h1-4,11,18H,5-10,15H2. The SMILES string of the molecule is NCC(O)CN1CCN(c2ccccc2Br)CC1. The van der Waals surface area contributed by atoms with E-state index in [9.17, 15) is 5.11 Å². The van der Waals surface area contributed by atoms with Crippen molar-refractivity contribution in [2.45, 2.75) is 6.10 Å². The molecule has 1 unspecified atom stereocenters. The van der Waals surface area contributed by atoms with Crippen molar-refractivity contribution in [1.82, 2.24) is 4.90 Å². The number of para-hydroxylation sites is 1. The lowest BCUT2D eigenvalue weighted by Crippen LogP contribution is -2.49. The number of β-amino-alcohol motifs (C(OH)–C–C–N with tert-alkyl or cyclic N) is 1. The van der Waals surface area contributed by atoms with Gasteiger partial charge in [0, 0.05) is 43.7 Å². The van der Waals surface area contributed by atoms with Crippen LogP contribution in [-0.2, 0) is 0 Å². The van der Waals surface area contributed by atoms with Crippen LogP contribution in [0.4, 0.5) is 5.69 Å². The molecule has 0 spiro atoms. The molecule has 0 saturated carbocycles. The molecular weight excluding hydrogens is 294 g/mol. The van der Waals surface area contributed by atoms with Crippen LogP contribution in [0.15, 0.2) is 28.7 Å². The molecule has 100 valence electrons. The highest BCUT2D eigenvalue weighted by molar-refractivity contribution is 9.10. The maximum Gasteiger partial charge on any atom is 0.0789 e. The molecule has 1 aliphatic heterocycles. The minimum Gasteiger partial charge on any atom is -0.390 e. The van der Waals surface area contributed by atoms with Gasteiger partial charge >= 0.3 is 0 Å². The number of anilines is 1. The molecule has 3 N–H and O–H groups in total. The van der Waals surface area contributed by atoms with Gasteiger partial charge < -0.3 is 15.7 Å². The van der Waals surface area contributed by atoms with E-state index in [-0.39, 0.29) is 0 Å². The second kappa shape index (κ2) is 6.52.